The first kappa shape index (κ1) is 15.7. The van der Waals surface area contributed by atoms with E-state index >= 15 is 0 Å². The van der Waals surface area contributed by atoms with E-state index in [2.05, 4.69) is 31.0 Å². The molecular formula is C22H32N. The molecule has 0 spiro atoms. The largest absolute Gasteiger partial charge is 0.265 e. The van der Waals surface area contributed by atoms with Gasteiger partial charge in [-0.05, 0) is 98.1 Å². The minimum Gasteiger partial charge on any atom is -0.265 e. The molecule has 4 bridgehead atoms. The second-order valence-corrected chi connectivity index (χ2v) is 9.28. The van der Waals surface area contributed by atoms with E-state index in [1.165, 1.54) is 30.7 Å². The van der Waals surface area contributed by atoms with Crippen LogP contribution in [0.3, 0.4) is 0 Å². The smallest absolute Gasteiger partial charge is 0.0270 e. The first-order valence-electron chi connectivity index (χ1n) is 9.85. The van der Waals surface area contributed by atoms with Gasteiger partial charge in [0.1, 0.15) is 0 Å². The summed E-state index contributed by atoms with van der Waals surface area (Å²) in [6.07, 6.45) is 17.4. The van der Waals surface area contributed by atoms with Crippen LogP contribution >= 0.6 is 0 Å². The molecule has 1 nitrogen and oxygen atoms in total. The predicted octanol–water partition coefficient (Wildman–Crippen LogP) is 6.05. The van der Waals surface area contributed by atoms with Crippen molar-refractivity contribution in [3.05, 3.63) is 36.0 Å². The Hall–Kier alpha value is -0.850. The van der Waals surface area contributed by atoms with E-state index in [1.807, 2.05) is 12.4 Å². The van der Waals surface area contributed by atoms with Gasteiger partial charge in [0.25, 0.3) is 0 Å². The SMILES string of the molecule is C[C](CC(C)CCC12CC3CC(CC(C3)C1)C2)c1ccncc1. The van der Waals surface area contributed by atoms with Crippen molar-refractivity contribution in [1.29, 1.82) is 0 Å². The number of hydrogen-bond donors (Lipinski definition) is 0. The van der Waals surface area contributed by atoms with Crippen LogP contribution in [0.4, 0.5) is 0 Å². The van der Waals surface area contributed by atoms with Crippen molar-refractivity contribution in [2.24, 2.45) is 29.1 Å². The number of pyridine rings is 1. The second-order valence-electron chi connectivity index (χ2n) is 9.28. The van der Waals surface area contributed by atoms with Crippen molar-refractivity contribution in [2.75, 3.05) is 0 Å². The van der Waals surface area contributed by atoms with Crippen LogP contribution in [0, 0.1) is 35.0 Å². The lowest BCUT2D eigenvalue weighted by atomic mass is 9.48. The van der Waals surface area contributed by atoms with Crippen molar-refractivity contribution in [3.63, 3.8) is 0 Å². The summed E-state index contributed by atoms with van der Waals surface area (Å²) in [6.45, 7) is 4.77. The van der Waals surface area contributed by atoms with Crippen molar-refractivity contribution in [3.8, 4) is 0 Å². The summed E-state index contributed by atoms with van der Waals surface area (Å²) in [5, 5.41) is 0. The number of hydrogen-bond acceptors (Lipinski definition) is 1. The maximum Gasteiger partial charge on any atom is 0.0270 e. The molecule has 1 heteroatoms. The third-order valence-corrected chi connectivity index (χ3v) is 7.16. The number of rotatable bonds is 6. The molecule has 125 valence electrons. The predicted molar refractivity (Wildman–Crippen MR) is 95.9 cm³/mol. The standard InChI is InChI=1S/C22H32N/c1-16(9-17(2)21-4-7-23-8-5-21)3-6-22-13-18-10-19(14-22)12-20(11-18)15-22/h4-5,7-8,16,18-20H,3,6,9-15H2,1-2H3. The van der Waals surface area contributed by atoms with E-state index in [9.17, 15) is 0 Å². The molecular weight excluding hydrogens is 278 g/mol. The summed E-state index contributed by atoms with van der Waals surface area (Å²) in [6, 6.07) is 4.31. The fourth-order valence-corrected chi connectivity index (χ4v) is 6.53. The van der Waals surface area contributed by atoms with E-state index in [1.54, 1.807) is 38.5 Å². The van der Waals surface area contributed by atoms with Crippen LogP contribution < -0.4 is 0 Å². The topological polar surface area (TPSA) is 12.9 Å². The second kappa shape index (κ2) is 6.22. The first-order chi connectivity index (χ1) is 11.1. The molecule has 23 heavy (non-hydrogen) atoms. The summed E-state index contributed by atoms with van der Waals surface area (Å²) in [5.41, 5.74) is 2.13. The molecule has 0 aliphatic heterocycles. The van der Waals surface area contributed by atoms with E-state index in [4.69, 9.17) is 0 Å². The Morgan fingerprint density at radius 3 is 2.22 bits per heavy atom. The van der Waals surface area contributed by atoms with Gasteiger partial charge in [0.15, 0.2) is 0 Å². The summed E-state index contributed by atoms with van der Waals surface area (Å²) < 4.78 is 0. The summed E-state index contributed by atoms with van der Waals surface area (Å²) >= 11 is 0. The highest BCUT2D eigenvalue weighted by molar-refractivity contribution is 5.26. The molecule has 0 aromatic carbocycles. The van der Waals surface area contributed by atoms with Crippen molar-refractivity contribution < 1.29 is 0 Å². The van der Waals surface area contributed by atoms with E-state index < -0.39 is 0 Å². The Balaban J connectivity index is 1.31. The van der Waals surface area contributed by atoms with Crippen molar-refractivity contribution in [1.82, 2.24) is 4.98 Å². The molecule has 1 aromatic rings. The molecule has 5 rings (SSSR count). The number of nitrogens with zero attached hydrogens (tertiary/aromatic N) is 1. The minimum absolute atomic E-state index is 0.758. The lowest BCUT2D eigenvalue weighted by molar-refractivity contribution is -0.0598. The lowest BCUT2D eigenvalue weighted by Gasteiger charge is -2.57. The van der Waals surface area contributed by atoms with Gasteiger partial charge < -0.3 is 0 Å². The Labute approximate surface area is 142 Å². The van der Waals surface area contributed by atoms with Crippen LogP contribution in [-0.2, 0) is 0 Å². The van der Waals surface area contributed by atoms with E-state index in [-0.39, 0.29) is 0 Å². The molecule has 0 N–H and O–H groups in total. The third kappa shape index (κ3) is 3.35. The molecule has 0 saturated heterocycles. The highest BCUT2D eigenvalue weighted by atomic mass is 14.6. The van der Waals surface area contributed by atoms with Gasteiger partial charge in [0.05, 0.1) is 0 Å². The fraction of sp³-hybridized carbons (Fsp3) is 0.727. The maximum atomic E-state index is 4.14. The van der Waals surface area contributed by atoms with Crippen LogP contribution in [0.2, 0.25) is 0 Å². The molecule has 4 aliphatic rings. The van der Waals surface area contributed by atoms with Gasteiger partial charge in [-0.15, -0.1) is 0 Å². The Morgan fingerprint density at radius 2 is 1.65 bits per heavy atom. The molecule has 1 aromatic heterocycles. The van der Waals surface area contributed by atoms with Crippen LogP contribution in [-0.4, -0.2) is 4.98 Å². The fourth-order valence-electron chi connectivity index (χ4n) is 6.53. The van der Waals surface area contributed by atoms with Crippen molar-refractivity contribution >= 4 is 0 Å². The molecule has 1 unspecified atom stereocenters. The average molecular weight is 311 g/mol. The van der Waals surface area contributed by atoms with Crippen LogP contribution in [0.5, 0.6) is 0 Å². The zero-order chi connectivity index (χ0) is 15.9. The highest BCUT2D eigenvalue weighted by Crippen LogP contribution is 2.61. The molecule has 4 fully saturated rings. The molecule has 4 aliphatic carbocycles. The zero-order valence-electron chi connectivity index (χ0n) is 14.9. The van der Waals surface area contributed by atoms with Gasteiger partial charge >= 0.3 is 0 Å². The first-order valence-corrected chi connectivity index (χ1v) is 9.85. The van der Waals surface area contributed by atoms with Gasteiger partial charge in [0.2, 0.25) is 0 Å². The number of aromatic nitrogens is 1. The van der Waals surface area contributed by atoms with E-state index in [0.29, 0.717) is 0 Å². The van der Waals surface area contributed by atoms with Crippen LogP contribution in [0.15, 0.2) is 24.5 Å². The average Bonchev–Trinajstić information content (AvgIpc) is 2.53. The van der Waals surface area contributed by atoms with Crippen molar-refractivity contribution in [2.45, 2.75) is 71.6 Å². The maximum absolute atomic E-state index is 4.14. The molecule has 4 saturated carbocycles. The summed E-state index contributed by atoms with van der Waals surface area (Å²) in [5.74, 6) is 5.65. The molecule has 0 amide bonds. The molecule has 1 heterocycles. The monoisotopic (exact) mass is 310 g/mol. The normalized spacial score (nSPS) is 36.6. The van der Waals surface area contributed by atoms with Gasteiger partial charge in [0, 0.05) is 18.3 Å². The highest BCUT2D eigenvalue weighted by Gasteiger charge is 2.50. The lowest BCUT2D eigenvalue weighted by Crippen LogP contribution is -2.46. The Kier molecular flexibility index (Phi) is 4.24. The minimum atomic E-state index is 0.758. The molecule has 1 atom stereocenters. The Bertz CT molecular complexity index is 485. The quantitative estimate of drug-likeness (QED) is 0.623. The summed E-state index contributed by atoms with van der Waals surface area (Å²) in [4.78, 5) is 4.14. The zero-order valence-corrected chi connectivity index (χ0v) is 14.9. The van der Waals surface area contributed by atoms with E-state index in [0.717, 1.165) is 29.1 Å². The van der Waals surface area contributed by atoms with Gasteiger partial charge in [-0.3, -0.25) is 4.98 Å². The van der Waals surface area contributed by atoms with Crippen LogP contribution in [0.25, 0.3) is 0 Å². The third-order valence-electron chi connectivity index (χ3n) is 7.16. The summed E-state index contributed by atoms with van der Waals surface area (Å²) in [7, 11) is 0. The molecule has 1 radical (unpaired) electrons. The van der Waals surface area contributed by atoms with Gasteiger partial charge in [-0.2, -0.15) is 0 Å². The van der Waals surface area contributed by atoms with Gasteiger partial charge in [-0.1, -0.05) is 20.3 Å². The Morgan fingerprint density at radius 1 is 1.09 bits per heavy atom. The van der Waals surface area contributed by atoms with Crippen LogP contribution in [0.1, 0.15) is 77.2 Å². The van der Waals surface area contributed by atoms with Gasteiger partial charge in [-0.25, -0.2) is 0 Å².